The molecule has 0 bridgehead atoms. The van der Waals surface area contributed by atoms with E-state index in [1.807, 2.05) is 18.2 Å². The summed E-state index contributed by atoms with van der Waals surface area (Å²) in [5, 5.41) is 14.9. The van der Waals surface area contributed by atoms with Crippen LogP contribution in [0.3, 0.4) is 0 Å². The van der Waals surface area contributed by atoms with E-state index < -0.39 is 11.9 Å². The van der Waals surface area contributed by atoms with Crippen molar-refractivity contribution in [3.05, 3.63) is 52.9 Å². The zero-order valence-corrected chi connectivity index (χ0v) is 10.5. The van der Waals surface area contributed by atoms with Crippen LogP contribution in [0.5, 0.6) is 0 Å². The van der Waals surface area contributed by atoms with Crippen LogP contribution in [-0.4, -0.2) is 28.7 Å². The fourth-order valence-electron chi connectivity index (χ4n) is 2.33. The number of hydrogen-bond acceptors (Lipinski definition) is 4. The first kappa shape index (κ1) is 12.4. The molecule has 0 radical (unpaired) electrons. The Bertz CT molecular complexity index is 677. The molecule has 1 unspecified atom stereocenters. The number of carbonyl (C=O) groups is 2. The molecule has 1 aromatic carbocycles. The molecule has 1 heterocycles. The average molecular weight is 272 g/mol. The van der Waals surface area contributed by atoms with Crippen molar-refractivity contribution in [1.29, 1.82) is 0 Å². The zero-order chi connectivity index (χ0) is 14.1. The maximum atomic E-state index is 11.8. The van der Waals surface area contributed by atoms with Crippen molar-refractivity contribution in [2.45, 2.75) is 12.3 Å². The van der Waals surface area contributed by atoms with Crippen LogP contribution in [0.25, 0.3) is 0 Å². The van der Waals surface area contributed by atoms with Gasteiger partial charge >= 0.3 is 5.97 Å². The van der Waals surface area contributed by atoms with Gasteiger partial charge in [0, 0.05) is 18.5 Å². The molecule has 20 heavy (non-hydrogen) atoms. The van der Waals surface area contributed by atoms with Crippen LogP contribution < -0.4 is 5.32 Å². The number of carboxylic acid groups (broad SMARTS) is 1. The summed E-state index contributed by atoms with van der Waals surface area (Å²) in [4.78, 5) is 22.4. The summed E-state index contributed by atoms with van der Waals surface area (Å²) in [7, 11) is 0. The van der Waals surface area contributed by atoms with Gasteiger partial charge in [-0.2, -0.15) is 0 Å². The van der Waals surface area contributed by atoms with E-state index in [1.54, 1.807) is 0 Å². The molecule has 0 aliphatic heterocycles. The number of carboxylic acids is 1. The molecule has 1 atom stereocenters. The third-order valence-electron chi connectivity index (χ3n) is 3.42. The van der Waals surface area contributed by atoms with Gasteiger partial charge in [-0.1, -0.05) is 29.4 Å². The summed E-state index contributed by atoms with van der Waals surface area (Å²) >= 11 is 0. The quantitative estimate of drug-likeness (QED) is 0.878. The number of carbonyl (C=O) groups excluding carboxylic acids is 1. The molecule has 1 aliphatic carbocycles. The second kappa shape index (κ2) is 4.80. The number of amides is 1. The lowest BCUT2D eigenvalue weighted by molar-refractivity contribution is 0.0651. The standard InChI is InChI=1S/C14H12N2O4/c17-13(11-6-12(14(18)19)20-16-11)15-7-9-5-8-3-1-2-4-10(8)9/h1-4,6,9H,5,7H2,(H,15,17)(H,18,19). The highest BCUT2D eigenvalue weighted by Gasteiger charge is 2.26. The van der Waals surface area contributed by atoms with E-state index in [1.165, 1.54) is 11.1 Å². The van der Waals surface area contributed by atoms with Gasteiger partial charge in [0.25, 0.3) is 5.91 Å². The van der Waals surface area contributed by atoms with Gasteiger partial charge in [-0.3, -0.25) is 4.79 Å². The summed E-state index contributed by atoms with van der Waals surface area (Å²) in [6.07, 6.45) is 0.940. The van der Waals surface area contributed by atoms with Crippen LogP contribution in [0.1, 0.15) is 38.1 Å². The van der Waals surface area contributed by atoms with Crippen molar-refractivity contribution in [2.24, 2.45) is 0 Å². The third-order valence-corrected chi connectivity index (χ3v) is 3.42. The van der Waals surface area contributed by atoms with E-state index in [4.69, 9.17) is 5.11 Å². The molecular weight excluding hydrogens is 260 g/mol. The molecule has 6 nitrogen and oxygen atoms in total. The van der Waals surface area contributed by atoms with Crippen LogP contribution in [0.15, 0.2) is 34.9 Å². The lowest BCUT2D eigenvalue weighted by Gasteiger charge is -2.30. The van der Waals surface area contributed by atoms with Crippen molar-refractivity contribution in [3.8, 4) is 0 Å². The first-order valence-electron chi connectivity index (χ1n) is 6.21. The van der Waals surface area contributed by atoms with E-state index >= 15 is 0 Å². The first-order chi connectivity index (χ1) is 9.65. The molecule has 102 valence electrons. The van der Waals surface area contributed by atoms with Gasteiger partial charge in [0.1, 0.15) is 0 Å². The van der Waals surface area contributed by atoms with Crippen molar-refractivity contribution >= 4 is 11.9 Å². The van der Waals surface area contributed by atoms with Crippen LogP contribution in [0.2, 0.25) is 0 Å². The number of aromatic nitrogens is 1. The predicted molar refractivity (Wildman–Crippen MR) is 68.7 cm³/mol. The summed E-state index contributed by atoms with van der Waals surface area (Å²) in [5.74, 6) is -1.71. The van der Waals surface area contributed by atoms with Crippen molar-refractivity contribution < 1.29 is 19.2 Å². The number of rotatable bonds is 4. The number of fused-ring (bicyclic) bond motifs is 1. The minimum absolute atomic E-state index is 0.0185. The average Bonchev–Trinajstić information content (AvgIpc) is 2.89. The zero-order valence-electron chi connectivity index (χ0n) is 10.5. The molecule has 3 rings (SSSR count). The molecule has 1 aromatic heterocycles. The third kappa shape index (κ3) is 2.16. The SMILES string of the molecule is O=C(NCC1Cc2ccccc21)c1cc(C(=O)O)on1. The summed E-state index contributed by atoms with van der Waals surface area (Å²) in [5.41, 5.74) is 2.54. The topological polar surface area (TPSA) is 92.4 Å². The Morgan fingerprint density at radius 1 is 1.40 bits per heavy atom. The molecule has 2 N–H and O–H groups in total. The second-order valence-electron chi connectivity index (χ2n) is 4.69. The molecule has 6 heteroatoms. The molecule has 0 spiro atoms. The van der Waals surface area contributed by atoms with Gasteiger partial charge in [-0.15, -0.1) is 0 Å². The van der Waals surface area contributed by atoms with Gasteiger partial charge in [0.2, 0.25) is 5.76 Å². The Balaban J connectivity index is 1.59. The predicted octanol–water partition coefficient (Wildman–Crippen LogP) is 1.44. The second-order valence-corrected chi connectivity index (χ2v) is 4.69. The number of nitrogens with one attached hydrogen (secondary N) is 1. The Hall–Kier alpha value is -2.63. The van der Waals surface area contributed by atoms with E-state index in [0.717, 1.165) is 12.5 Å². The van der Waals surface area contributed by atoms with E-state index in [9.17, 15) is 9.59 Å². The monoisotopic (exact) mass is 272 g/mol. The van der Waals surface area contributed by atoms with Crippen molar-refractivity contribution in [3.63, 3.8) is 0 Å². The van der Waals surface area contributed by atoms with E-state index in [2.05, 4.69) is 21.1 Å². The van der Waals surface area contributed by atoms with Crippen LogP contribution in [-0.2, 0) is 6.42 Å². The lowest BCUT2D eigenvalue weighted by Crippen LogP contribution is -2.33. The van der Waals surface area contributed by atoms with Gasteiger partial charge < -0.3 is 14.9 Å². The summed E-state index contributed by atoms with van der Waals surface area (Å²) in [6, 6.07) is 9.21. The minimum Gasteiger partial charge on any atom is -0.475 e. The number of aromatic carboxylic acids is 1. The largest absolute Gasteiger partial charge is 0.475 e. The fraction of sp³-hybridized carbons (Fsp3) is 0.214. The highest BCUT2D eigenvalue weighted by atomic mass is 16.5. The lowest BCUT2D eigenvalue weighted by atomic mass is 9.77. The van der Waals surface area contributed by atoms with Gasteiger partial charge in [-0.25, -0.2) is 4.79 Å². The summed E-state index contributed by atoms with van der Waals surface area (Å²) < 4.78 is 4.54. The maximum absolute atomic E-state index is 11.8. The van der Waals surface area contributed by atoms with Gasteiger partial charge in [0.15, 0.2) is 5.69 Å². The molecule has 0 fully saturated rings. The normalized spacial score (nSPS) is 16.1. The molecule has 0 saturated carbocycles. The molecular formula is C14H12N2O4. The molecule has 0 saturated heterocycles. The number of benzene rings is 1. The van der Waals surface area contributed by atoms with Crippen molar-refractivity contribution in [1.82, 2.24) is 10.5 Å². The summed E-state index contributed by atoms with van der Waals surface area (Å²) in [6.45, 7) is 0.505. The van der Waals surface area contributed by atoms with Gasteiger partial charge in [0.05, 0.1) is 0 Å². The molecule has 1 amide bonds. The van der Waals surface area contributed by atoms with Crippen LogP contribution in [0.4, 0.5) is 0 Å². The Morgan fingerprint density at radius 2 is 2.20 bits per heavy atom. The minimum atomic E-state index is -1.25. The Labute approximate surface area is 114 Å². The van der Waals surface area contributed by atoms with Crippen LogP contribution in [0, 0.1) is 0 Å². The first-order valence-corrected chi connectivity index (χ1v) is 6.21. The Morgan fingerprint density at radius 3 is 2.90 bits per heavy atom. The van der Waals surface area contributed by atoms with E-state index in [-0.39, 0.29) is 11.5 Å². The smallest absolute Gasteiger partial charge is 0.374 e. The van der Waals surface area contributed by atoms with Crippen LogP contribution >= 0.6 is 0 Å². The number of hydrogen-bond donors (Lipinski definition) is 2. The Kier molecular flexibility index (Phi) is 2.98. The number of nitrogens with zero attached hydrogens (tertiary/aromatic N) is 1. The fourth-order valence-corrected chi connectivity index (χ4v) is 2.33. The van der Waals surface area contributed by atoms with Gasteiger partial charge in [-0.05, 0) is 17.5 Å². The van der Waals surface area contributed by atoms with Crippen molar-refractivity contribution in [2.75, 3.05) is 6.54 Å². The molecule has 2 aromatic rings. The highest BCUT2D eigenvalue weighted by Crippen LogP contribution is 2.33. The maximum Gasteiger partial charge on any atom is 0.374 e. The van der Waals surface area contributed by atoms with E-state index in [0.29, 0.717) is 12.5 Å². The highest BCUT2D eigenvalue weighted by molar-refractivity contribution is 5.94. The molecule has 1 aliphatic rings.